The minimum absolute atomic E-state index is 0.817. The lowest BCUT2D eigenvalue weighted by Crippen LogP contribution is -1.63. The summed E-state index contributed by atoms with van der Waals surface area (Å²) < 4.78 is 0.817. The van der Waals surface area contributed by atoms with Crippen molar-refractivity contribution in [3.8, 4) is 9.88 Å². The molecule has 0 N–H and O–H groups in total. The van der Waals surface area contributed by atoms with Gasteiger partial charge in [0.25, 0.3) is 0 Å². The van der Waals surface area contributed by atoms with Crippen molar-refractivity contribution in [1.82, 2.24) is 4.98 Å². The number of aryl methyl sites for hydroxylation is 1. The maximum absolute atomic E-state index is 5.81. The minimum Gasteiger partial charge on any atom is -0.243 e. The summed E-state index contributed by atoms with van der Waals surface area (Å²) in [5.74, 6) is 0. The second kappa shape index (κ2) is 3.17. The molecular formula is C8H6ClNS2. The number of nitrogens with zero attached hydrogens (tertiary/aromatic N) is 1. The molecule has 62 valence electrons. The fourth-order valence-corrected chi connectivity index (χ4v) is 2.77. The van der Waals surface area contributed by atoms with E-state index < -0.39 is 0 Å². The first-order valence-corrected chi connectivity index (χ1v) is 5.45. The van der Waals surface area contributed by atoms with Crippen LogP contribution in [0.25, 0.3) is 9.88 Å². The van der Waals surface area contributed by atoms with Gasteiger partial charge in [-0.1, -0.05) is 11.6 Å². The van der Waals surface area contributed by atoms with Crippen LogP contribution < -0.4 is 0 Å². The summed E-state index contributed by atoms with van der Waals surface area (Å²) >= 11 is 9.07. The molecule has 2 aromatic heterocycles. The van der Waals surface area contributed by atoms with Gasteiger partial charge in [-0.25, -0.2) is 4.98 Å². The fourth-order valence-electron chi connectivity index (χ4n) is 0.898. The third-order valence-corrected chi connectivity index (χ3v) is 3.72. The van der Waals surface area contributed by atoms with Crippen LogP contribution in [0, 0.1) is 6.92 Å². The normalized spacial score (nSPS) is 10.5. The third-order valence-electron chi connectivity index (χ3n) is 1.41. The summed E-state index contributed by atoms with van der Waals surface area (Å²) in [5.41, 5.74) is 0. The molecule has 0 saturated carbocycles. The number of halogens is 1. The lowest BCUT2D eigenvalue weighted by atomic mass is 10.5. The molecule has 0 saturated heterocycles. The van der Waals surface area contributed by atoms with Crippen LogP contribution in [0.4, 0.5) is 0 Å². The molecule has 0 aliphatic heterocycles. The summed E-state index contributed by atoms with van der Waals surface area (Å²) in [7, 11) is 0. The van der Waals surface area contributed by atoms with Gasteiger partial charge in [0.2, 0.25) is 0 Å². The summed E-state index contributed by atoms with van der Waals surface area (Å²) in [4.78, 5) is 6.65. The predicted octanol–water partition coefficient (Wildman–Crippen LogP) is 3.83. The van der Waals surface area contributed by atoms with E-state index in [4.69, 9.17) is 11.6 Å². The molecule has 1 nitrogen and oxygen atoms in total. The maximum Gasteiger partial charge on any atom is 0.133 e. The SMILES string of the molecule is Cc1cnc(-c2ccc(Cl)s2)s1. The summed E-state index contributed by atoms with van der Waals surface area (Å²) in [6.45, 7) is 2.05. The van der Waals surface area contributed by atoms with E-state index in [1.54, 1.807) is 22.7 Å². The van der Waals surface area contributed by atoms with Gasteiger partial charge in [-0.2, -0.15) is 0 Å². The number of thiazole rings is 1. The molecule has 0 bridgehead atoms. The fraction of sp³-hybridized carbons (Fsp3) is 0.125. The molecule has 4 heteroatoms. The van der Waals surface area contributed by atoms with Crippen LogP contribution in [0.1, 0.15) is 4.88 Å². The number of hydrogen-bond donors (Lipinski definition) is 0. The third kappa shape index (κ3) is 1.53. The highest BCUT2D eigenvalue weighted by molar-refractivity contribution is 7.23. The van der Waals surface area contributed by atoms with Crippen LogP contribution in [0.2, 0.25) is 4.34 Å². The Morgan fingerprint density at radius 3 is 2.67 bits per heavy atom. The Hall–Kier alpha value is -0.380. The standard InChI is InChI=1S/C8H6ClNS2/c1-5-4-10-8(11-5)6-2-3-7(9)12-6/h2-4H,1H3. The Balaban J connectivity index is 2.43. The van der Waals surface area contributed by atoms with Gasteiger partial charge in [0, 0.05) is 11.1 Å². The first-order valence-electron chi connectivity index (χ1n) is 3.44. The van der Waals surface area contributed by atoms with Crippen molar-refractivity contribution >= 4 is 34.3 Å². The van der Waals surface area contributed by atoms with Gasteiger partial charge in [0.05, 0.1) is 9.21 Å². The molecule has 0 atom stereocenters. The lowest BCUT2D eigenvalue weighted by molar-refractivity contribution is 1.39. The Labute approximate surface area is 83.7 Å². The zero-order chi connectivity index (χ0) is 8.55. The zero-order valence-electron chi connectivity index (χ0n) is 6.37. The summed E-state index contributed by atoms with van der Waals surface area (Å²) in [6, 6.07) is 3.91. The second-order valence-electron chi connectivity index (χ2n) is 2.38. The van der Waals surface area contributed by atoms with Gasteiger partial charge < -0.3 is 0 Å². The summed E-state index contributed by atoms with van der Waals surface area (Å²) in [6.07, 6.45) is 1.88. The van der Waals surface area contributed by atoms with Gasteiger partial charge >= 0.3 is 0 Å². The van der Waals surface area contributed by atoms with Crippen LogP contribution in [0.3, 0.4) is 0 Å². The van der Waals surface area contributed by atoms with Gasteiger partial charge in [0.15, 0.2) is 0 Å². The molecule has 0 amide bonds. The Bertz CT molecular complexity index is 353. The van der Waals surface area contributed by atoms with E-state index in [0.717, 1.165) is 14.2 Å². The van der Waals surface area contributed by atoms with Crippen LogP contribution in [0.5, 0.6) is 0 Å². The number of thiophene rings is 1. The van der Waals surface area contributed by atoms with Crippen molar-refractivity contribution in [1.29, 1.82) is 0 Å². The highest BCUT2D eigenvalue weighted by Crippen LogP contribution is 2.33. The lowest BCUT2D eigenvalue weighted by Gasteiger charge is -1.84. The van der Waals surface area contributed by atoms with Crippen LogP contribution >= 0.6 is 34.3 Å². The molecular weight excluding hydrogens is 210 g/mol. The van der Waals surface area contributed by atoms with Gasteiger partial charge in [-0.15, -0.1) is 22.7 Å². The van der Waals surface area contributed by atoms with E-state index >= 15 is 0 Å². The van der Waals surface area contributed by atoms with E-state index in [0.29, 0.717) is 0 Å². The molecule has 0 aliphatic rings. The molecule has 2 heterocycles. The molecule has 12 heavy (non-hydrogen) atoms. The molecule has 0 aromatic carbocycles. The van der Waals surface area contributed by atoms with Crippen LogP contribution in [-0.4, -0.2) is 4.98 Å². The van der Waals surface area contributed by atoms with E-state index in [1.165, 1.54) is 4.88 Å². The Kier molecular flexibility index (Phi) is 2.17. The van der Waals surface area contributed by atoms with Crippen molar-refractivity contribution in [2.24, 2.45) is 0 Å². The van der Waals surface area contributed by atoms with E-state index in [-0.39, 0.29) is 0 Å². The number of rotatable bonds is 1. The molecule has 2 rings (SSSR count). The monoisotopic (exact) mass is 215 g/mol. The van der Waals surface area contributed by atoms with Crippen molar-refractivity contribution in [3.05, 3.63) is 27.5 Å². The quantitative estimate of drug-likeness (QED) is 0.705. The van der Waals surface area contributed by atoms with Crippen molar-refractivity contribution in [2.75, 3.05) is 0 Å². The maximum atomic E-state index is 5.81. The van der Waals surface area contributed by atoms with Gasteiger partial charge in [-0.3, -0.25) is 0 Å². The molecule has 2 aromatic rings. The zero-order valence-corrected chi connectivity index (χ0v) is 8.76. The van der Waals surface area contributed by atoms with Crippen molar-refractivity contribution in [3.63, 3.8) is 0 Å². The second-order valence-corrected chi connectivity index (χ2v) is 5.33. The highest BCUT2D eigenvalue weighted by Gasteiger charge is 2.04. The Morgan fingerprint density at radius 2 is 2.17 bits per heavy atom. The van der Waals surface area contributed by atoms with Gasteiger partial charge in [-0.05, 0) is 19.1 Å². The van der Waals surface area contributed by atoms with E-state index in [1.807, 2.05) is 18.3 Å². The molecule has 0 radical (unpaired) electrons. The molecule has 0 unspecified atom stereocenters. The Morgan fingerprint density at radius 1 is 1.33 bits per heavy atom. The summed E-state index contributed by atoms with van der Waals surface area (Å²) in [5, 5.41) is 1.06. The minimum atomic E-state index is 0.817. The van der Waals surface area contributed by atoms with Crippen LogP contribution in [0.15, 0.2) is 18.3 Å². The average Bonchev–Trinajstić information content (AvgIpc) is 2.58. The van der Waals surface area contributed by atoms with Crippen molar-refractivity contribution in [2.45, 2.75) is 6.92 Å². The molecule has 0 fully saturated rings. The van der Waals surface area contributed by atoms with Crippen LogP contribution in [-0.2, 0) is 0 Å². The first kappa shape index (κ1) is 8.23. The smallest absolute Gasteiger partial charge is 0.133 e. The van der Waals surface area contributed by atoms with Gasteiger partial charge in [0.1, 0.15) is 5.01 Å². The van der Waals surface area contributed by atoms with Crippen molar-refractivity contribution < 1.29 is 0 Å². The van der Waals surface area contributed by atoms with E-state index in [9.17, 15) is 0 Å². The largest absolute Gasteiger partial charge is 0.243 e. The predicted molar refractivity (Wildman–Crippen MR) is 55.2 cm³/mol. The number of aromatic nitrogens is 1. The topological polar surface area (TPSA) is 12.9 Å². The van der Waals surface area contributed by atoms with E-state index in [2.05, 4.69) is 11.9 Å². The first-order chi connectivity index (χ1) is 5.75. The highest BCUT2D eigenvalue weighted by atomic mass is 35.5. The molecule has 0 aliphatic carbocycles. The average molecular weight is 216 g/mol. The molecule has 0 spiro atoms. The number of hydrogen-bond acceptors (Lipinski definition) is 3.